The minimum Gasteiger partial charge on any atom is -0.497 e. The summed E-state index contributed by atoms with van der Waals surface area (Å²) in [6.45, 7) is 4.68. The fourth-order valence-corrected chi connectivity index (χ4v) is 3.91. The summed E-state index contributed by atoms with van der Waals surface area (Å²) in [6, 6.07) is 11.7. The van der Waals surface area contributed by atoms with Crippen molar-refractivity contribution in [2.24, 2.45) is 0 Å². The van der Waals surface area contributed by atoms with E-state index in [-0.39, 0.29) is 18.6 Å². The summed E-state index contributed by atoms with van der Waals surface area (Å²) in [5.74, 6) is 1.57. The number of benzene rings is 2. The highest BCUT2D eigenvalue weighted by atomic mass is 35.5. The van der Waals surface area contributed by atoms with Gasteiger partial charge in [-0.1, -0.05) is 23.7 Å². The van der Waals surface area contributed by atoms with Crippen LogP contribution in [-0.2, 0) is 4.79 Å². The molecule has 0 unspecified atom stereocenters. The molecule has 138 valence electrons. The third-order valence-electron chi connectivity index (χ3n) is 4.84. The molecule has 0 aliphatic carbocycles. The Morgan fingerprint density at radius 2 is 1.85 bits per heavy atom. The van der Waals surface area contributed by atoms with E-state index >= 15 is 0 Å². The topological polar surface area (TPSA) is 38.8 Å². The van der Waals surface area contributed by atoms with Crippen molar-refractivity contribution in [3.63, 3.8) is 0 Å². The van der Waals surface area contributed by atoms with Gasteiger partial charge >= 0.3 is 0 Å². The van der Waals surface area contributed by atoms with Crippen LogP contribution in [0.5, 0.6) is 11.5 Å². The van der Waals surface area contributed by atoms with Crippen molar-refractivity contribution in [2.75, 3.05) is 20.3 Å². The van der Waals surface area contributed by atoms with Crippen LogP contribution in [-0.4, -0.2) is 31.1 Å². The number of hydrogen-bond donors (Lipinski definition) is 0. The van der Waals surface area contributed by atoms with Gasteiger partial charge in [-0.3, -0.25) is 4.79 Å². The number of methoxy groups -OCH3 is 1. The van der Waals surface area contributed by atoms with E-state index in [9.17, 15) is 4.79 Å². The molecule has 0 radical (unpaired) electrons. The monoisotopic (exact) mass is 373 g/mol. The van der Waals surface area contributed by atoms with Gasteiger partial charge in [-0.2, -0.15) is 0 Å². The van der Waals surface area contributed by atoms with E-state index < -0.39 is 0 Å². The Labute approximate surface area is 159 Å². The number of nitrogens with zero attached hydrogens (tertiary/aromatic N) is 1. The van der Waals surface area contributed by atoms with Crippen molar-refractivity contribution in [1.29, 1.82) is 0 Å². The first-order valence-electron chi connectivity index (χ1n) is 8.82. The van der Waals surface area contributed by atoms with Crippen molar-refractivity contribution >= 4 is 17.5 Å². The number of ether oxygens (including phenoxy) is 2. The first-order valence-corrected chi connectivity index (χ1v) is 9.20. The maximum Gasteiger partial charge on any atom is 0.261 e. The summed E-state index contributed by atoms with van der Waals surface area (Å²) in [5.41, 5.74) is 3.02. The first kappa shape index (κ1) is 18.6. The largest absolute Gasteiger partial charge is 0.497 e. The lowest BCUT2D eigenvalue weighted by molar-refractivity contribution is -0.134. The van der Waals surface area contributed by atoms with Crippen LogP contribution in [0.4, 0.5) is 0 Å². The Morgan fingerprint density at radius 1 is 1.19 bits per heavy atom. The van der Waals surface area contributed by atoms with E-state index in [1.807, 2.05) is 55.1 Å². The fourth-order valence-electron chi connectivity index (χ4n) is 3.58. The summed E-state index contributed by atoms with van der Waals surface area (Å²) in [4.78, 5) is 14.7. The zero-order chi connectivity index (χ0) is 18.7. The smallest absolute Gasteiger partial charge is 0.261 e. The van der Waals surface area contributed by atoms with Crippen molar-refractivity contribution in [3.05, 3.63) is 58.1 Å². The number of rotatable bonds is 5. The molecular formula is C21H24ClNO3. The van der Waals surface area contributed by atoms with Gasteiger partial charge < -0.3 is 14.4 Å². The van der Waals surface area contributed by atoms with Gasteiger partial charge in [0.1, 0.15) is 11.5 Å². The van der Waals surface area contributed by atoms with Crippen LogP contribution in [0.15, 0.2) is 36.4 Å². The number of carbonyl (C=O) groups excluding carboxylic acids is 1. The highest BCUT2D eigenvalue weighted by Crippen LogP contribution is 2.33. The zero-order valence-electron chi connectivity index (χ0n) is 15.4. The lowest BCUT2D eigenvalue weighted by Crippen LogP contribution is -2.34. The molecule has 3 rings (SSSR count). The van der Waals surface area contributed by atoms with E-state index in [1.165, 1.54) is 0 Å². The molecule has 1 atom stereocenters. The number of aryl methyl sites for hydroxylation is 2. The summed E-state index contributed by atoms with van der Waals surface area (Å²) in [5, 5.41) is 0.679. The average molecular weight is 374 g/mol. The summed E-state index contributed by atoms with van der Waals surface area (Å²) in [7, 11) is 1.65. The number of likely N-dealkylation sites (tertiary alicyclic amines) is 1. The van der Waals surface area contributed by atoms with Gasteiger partial charge in [-0.25, -0.2) is 0 Å². The molecule has 4 nitrogen and oxygen atoms in total. The molecule has 0 N–H and O–H groups in total. The summed E-state index contributed by atoms with van der Waals surface area (Å²) in [6.07, 6.45) is 1.97. The lowest BCUT2D eigenvalue weighted by Gasteiger charge is -2.25. The van der Waals surface area contributed by atoms with Crippen molar-refractivity contribution < 1.29 is 14.3 Å². The standard InChI is InChI=1S/C21H24ClNO3/c1-14-11-17(22)12-15(2)21(14)26-13-20(24)23-10-4-5-19(23)16-6-8-18(25-3)9-7-16/h6-9,11-12,19H,4-5,10,13H2,1-3H3/t19-/m0/s1. The molecule has 2 aromatic rings. The van der Waals surface area contributed by atoms with Crippen molar-refractivity contribution in [3.8, 4) is 11.5 Å². The van der Waals surface area contributed by atoms with Crippen LogP contribution in [0.2, 0.25) is 5.02 Å². The van der Waals surface area contributed by atoms with Gasteiger partial charge in [0.05, 0.1) is 13.2 Å². The molecule has 1 aliphatic rings. The molecule has 0 bridgehead atoms. The molecule has 26 heavy (non-hydrogen) atoms. The second-order valence-electron chi connectivity index (χ2n) is 6.68. The van der Waals surface area contributed by atoms with E-state index in [0.29, 0.717) is 5.02 Å². The second kappa shape index (κ2) is 8.00. The van der Waals surface area contributed by atoms with E-state index in [4.69, 9.17) is 21.1 Å². The van der Waals surface area contributed by atoms with Gasteiger partial charge in [0.2, 0.25) is 0 Å². The Hall–Kier alpha value is -2.20. The average Bonchev–Trinajstić information content (AvgIpc) is 3.10. The summed E-state index contributed by atoms with van der Waals surface area (Å²) < 4.78 is 11.1. The second-order valence-corrected chi connectivity index (χ2v) is 7.11. The Morgan fingerprint density at radius 3 is 2.46 bits per heavy atom. The van der Waals surface area contributed by atoms with Crippen LogP contribution in [0.3, 0.4) is 0 Å². The molecule has 1 aliphatic heterocycles. The lowest BCUT2D eigenvalue weighted by atomic mass is 10.0. The zero-order valence-corrected chi connectivity index (χ0v) is 16.2. The summed E-state index contributed by atoms with van der Waals surface area (Å²) >= 11 is 6.06. The van der Waals surface area contributed by atoms with Gasteiger partial charge in [-0.15, -0.1) is 0 Å². The Bertz CT molecular complexity index is 765. The van der Waals surface area contributed by atoms with Crippen LogP contribution >= 0.6 is 11.6 Å². The highest BCUT2D eigenvalue weighted by molar-refractivity contribution is 6.30. The molecule has 5 heteroatoms. The number of halogens is 1. The van der Waals surface area contributed by atoms with Crippen LogP contribution in [0.1, 0.15) is 35.6 Å². The van der Waals surface area contributed by atoms with E-state index in [2.05, 4.69) is 0 Å². The van der Waals surface area contributed by atoms with Crippen molar-refractivity contribution in [2.45, 2.75) is 32.7 Å². The normalized spacial score (nSPS) is 16.6. The van der Waals surface area contributed by atoms with Crippen LogP contribution in [0.25, 0.3) is 0 Å². The first-order chi connectivity index (χ1) is 12.5. The third-order valence-corrected chi connectivity index (χ3v) is 5.06. The number of carbonyl (C=O) groups is 1. The molecule has 1 saturated heterocycles. The van der Waals surface area contributed by atoms with E-state index in [1.54, 1.807) is 7.11 Å². The molecule has 0 saturated carbocycles. The van der Waals surface area contributed by atoms with Gasteiger partial charge in [-0.05, 0) is 67.6 Å². The molecule has 1 amide bonds. The number of amides is 1. The maximum absolute atomic E-state index is 12.8. The number of hydrogen-bond acceptors (Lipinski definition) is 3. The van der Waals surface area contributed by atoms with E-state index in [0.717, 1.165) is 47.6 Å². The Balaban J connectivity index is 1.68. The molecule has 1 heterocycles. The quantitative estimate of drug-likeness (QED) is 0.762. The molecule has 2 aromatic carbocycles. The minimum atomic E-state index is 0.0112. The molecule has 0 aromatic heterocycles. The molecule has 0 spiro atoms. The minimum absolute atomic E-state index is 0.0112. The molecular weight excluding hydrogens is 350 g/mol. The predicted octanol–water partition coefficient (Wildman–Crippen LogP) is 4.71. The Kier molecular flexibility index (Phi) is 5.72. The third kappa shape index (κ3) is 3.96. The highest BCUT2D eigenvalue weighted by Gasteiger charge is 2.30. The maximum atomic E-state index is 12.8. The van der Waals surface area contributed by atoms with Crippen molar-refractivity contribution in [1.82, 2.24) is 4.90 Å². The van der Waals surface area contributed by atoms with Crippen LogP contribution in [0, 0.1) is 13.8 Å². The van der Waals surface area contributed by atoms with Gasteiger partial charge in [0.25, 0.3) is 5.91 Å². The fraction of sp³-hybridized carbons (Fsp3) is 0.381. The van der Waals surface area contributed by atoms with Crippen LogP contribution < -0.4 is 9.47 Å². The van der Waals surface area contributed by atoms with Gasteiger partial charge in [0, 0.05) is 11.6 Å². The van der Waals surface area contributed by atoms with Gasteiger partial charge in [0.15, 0.2) is 6.61 Å². The SMILES string of the molecule is COc1ccc([C@@H]2CCCN2C(=O)COc2c(C)cc(Cl)cc2C)cc1. The predicted molar refractivity (Wildman–Crippen MR) is 103 cm³/mol. The molecule has 1 fully saturated rings.